The summed E-state index contributed by atoms with van der Waals surface area (Å²) in [5, 5.41) is 19.0. The SMILES string of the molecule is Cc1ccccc1-n1nnc(C(=O)N(CC(C)C)[C@@H]2CN(C(=O)OC(C)(C)C)C[C@](C)(C(=O)O)C2)c1COCc1ccccc1. The summed E-state index contributed by atoms with van der Waals surface area (Å²) in [4.78, 5) is 43.3. The summed E-state index contributed by atoms with van der Waals surface area (Å²) in [5.41, 5.74) is 1.25. The van der Waals surface area contributed by atoms with Crippen LogP contribution in [0.3, 0.4) is 0 Å². The number of hydrogen-bond acceptors (Lipinski definition) is 7. The highest BCUT2D eigenvalue weighted by atomic mass is 16.6. The molecule has 0 saturated carbocycles. The predicted octanol–water partition coefficient (Wildman–Crippen LogP) is 5.49. The Kier molecular flexibility index (Phi) is 10.3. The molecule has 2 aromatic carbocycles. The number of amides is 2. The van der Waals surface area contributed by atoms with Crippen LogP contribution in [0.1, 0.15) is 75.3 Å². The highest BCUT2D eigenvalue weighted by Gasteiger charge is 2.47. The van der Waals surface area contributed by atoms with Gasteiger partial charge in [-0.25, -0.2) is 9.48 Å². The molecule has 2 amide bonds. The lowest BCUT2D eigenvalue weighted by atomic mass is 9.79. The quantitative estimate of drug-likeness (QED) is 0.316. The van der Waals surface area contributed by atoms with Gasteiger partial charge in [-0.15, -0.1) is 5.10 Å². The first-order valence-electron chi connectivity index (χ1n) is 15.3. The number of nitrogens with zero attached hydrogens (tertiary/aromatic N) is 5. The number of aryl methyl sites for hydroxylation is 1. The van der Waals surface area contributed by atoms with E-state index in [4.69, 9.17) is 9.47 Å². The van der Waals surface area contributed by atoms with Gasteiger partial charge in [-0.2, -0.15) is 0 Å². The highest BCUT2D eigenvalue weighted by molar-refractivity contribution is 5.94. The summed E-state index contributed by atoms with van der Waals surface area (Å²) in [5.74, 6) is -1.39. The van der Waals surface area contributed by atoms with E-state index in [0.717, 1.165) is 16.8 Å². The van der Waals surface area contributed by atoms with E-state index in [2.05, 4.69) is 10.3 Å². The van der Waals surface area contributed by atoms with Gasteiger partial charge in [-0.05, 0) is 64.2 Å². The molecular weight excluding hydrogens is 574 g/mol. The molecule has 1 saturated heterocycles. The minimum atomic E-state index is -1.30. The maximum absolute atomic E-state index is 14.5. The Balaban J connectivity index is 1.72. The number of rotatable bonds is 10. The van der Waals surface area contributed by atoms with Crippen molar-refractivity contribution in [1.29, 1.82) is 0 Å². The monoisotopic (exact) mass is 619 g/mol. The van der Waals surface area contributed by atoms with Gasteiger partial charge in [0.05, 0.1) is 30.4 Å². The Morgan fingerprint density at radius 1 is 1.07 bits per heavy atom. The number of likely N-dealkylation sites (tertiary alicyclic amines) is 1. The first-order valence-corrected chi connectivity index (χ1v) is 15.3. The van der Waals surface area contributed by atoms with Crippen molar-refractivity contribution in [2.75, 3.05) is 19.6 Å². The minimum Gasteiger partial charge on any atom is -0.481 e. The Morgan fingerprint density at radius 2 is 1.73 bits per heavy atom. The van der Waals surface area contributed by atoms with Gasteiger partial charge in [0.2, 0.25) is 0 Å². The largest absolute Gasteiger partial charge is 0.481 e. The van der Waals surface area contributed by atoms with Gasteiger partial charge >= 0.3 is 12.1 Å². The van der Waals surface area contributed by atoms with Crippen LogP contribution in [-0.4, -0.2) is 79.1 Å². The van der Waals surface area contributed by atoms with Crippen LogP contribution < -0.4 is 0 Å². The van der Waals surface area contributed by atoms with E-state index < -0.39 is 35.0 Å². The molecule has 1 fully saturated rings. The van der Waals surface area contributed by atoms with Crippen molar-refractivity contribution in [3.05, 3.63) is 77.1 Å². The summed E-state index contributed by atoms with van der Waals surface area (Å²) >= 11 is 0. The van der Waals surface area contributed by atoms with Crippen molar-refractivity contribution >= 4 is 18.0 Å². The third-order valence-corrected chi connectivity index (χ3v) is 7.75. The van der Waals surface area contributed by atoms with Crippen LogP contribution >= 0.6 is 0 Å². The summed E-state index contributed by atoms with van der Waals surface area (Å²) in [6, 6.07) is 16.8. The molecule has 11 heteroatoms. The lowest BCUT2D eigenvalue weighted by molar-refractivity contribution is -0.152. The third-order valence-electron chi connectivity index (χ3n) is 7.75. The number of hydrogen-bond donors (Lipinski definition) is 1. The van der Waals surface area contributed by atoms with Crippen LogP contribution in [0, 0.1) is 18.3 Å². The van der Waals surface area contributed by atoms with E-state index in [-0.39, 0.29) is 37.7 Å². The third kappa shape index (κ3) is 8.27. The molecular formula is C34H45N5O6. The van der Waals surface area contributed by atoms with Gasteiger partial charge in [0.15, 0.2) is 5.69 Å². The highest BCUT2D eigenvalue weighted by Crippen LogP contribution is 2.34. The van der Waals surface area contributed by atoms with E-state index in [1.807, 2.05) is 75.4 Å². The summed E-state index contributed by atoms with van der Waals surface area (Å²) in [6.07, 6.45) is -0.455. The Morgan fingerprint density at radius 3 is 2.36 bits per heavy atom. The van der Waals surface area contributed by atoms with Gasteiger partial charge in [0, 0.05) is 19.6 Å². The van der Waals surface area contributed by atoms with Crippen LogP contribution in [0.2, 0.25) is 0 Å². The molecule has 0 spiro atoms. The number of aliphatic carboxylic acids is 1. The first-order chi connectivity index (χ1) is 21.2. The van der Waals surface area contributed by atoms with Crippen LogP contribution in [0.4, 0.5) is 4.79 Å². The zero-order valence-electron chi connectivity index (χ0n) is 27.3. The lowest BCUT2D eigenvalue weighted by Gasteiger charge is -2.46. The Bertz CT molecular complexity index is 1500. The number of carbonyl (C=O) groups is 3. The number of carbonyl (C=O) groups excluding carboxylic acids is 2. The number of piperidine rings is 1. The van der Waals surface area contributed by atoms with Crippen LogP contribution in [-0.2, 0) is 27.5 Å². The molecule has 0 bridgehead atoms. The zero-order chi connectivity index (χ0) is 32.9. The van der Waals surface area contributed by atoms with E-state index >= 15 is 0 Å². The average Bonchev–Trinajstić information content (AvgIpc) is 3.38. The van der Waals surface area contributed by atoms with Crippen LogP contribution in [0.15, 0.2) is 54.6 Å². The predicted molar refractivity (Wildman–Crippen MR) is 169 cm³/mol. The number of para-hydroxylation sites is 1. The van der Waals surface area contributed by atoms with Crippen LogP contribution in [0.25, 0.3) is 5.69 Å². The van der Waals surface area contributed by atoms with E-state index in [0.29, 0.717) is 18.8 Å². The number of benzene rings is 2. The second-order valence-corrected chi connectivity index (χ2v) is 13.5. The Labute approximate surface area is 265 Å². The molecule has 1 aliphatic heterocycles. The maximum Gasteiger partial charge on any atom is 0.410 e. The molecule has 11 nitrogen and oxygen atoms in total. The minimum absolute atomic E-state index is 0.0283. The van der Waals surface area contributed by atoms with Crippen molar-refractivity contribution < 1.29 is 29.0 Å². The number of ether oxygens (including phenoxy) is 2. The lowest BCUT2D eigenvalue weighted by Crippen LogP contribution is -2.60. The van der Waals surface area contributed by atoms with Crippen molar-refractivity contribution in [3.63, 3.8) is 0 Å². The standard InChI is InChI=1S/C34H45N5O6/c1-23(2)18-38(26-17-34(7,31(41)42)22-37(19-26)32(43)45-33(4,5)6)30(40)29-28(21-44-20-25-14-9-8-10-15-25)39(36-35-29)27-16-12-11-13-24(27)3/h8-16,23,26H,17-22H2,1-7H3,(H,41,42)/t26-,34+/m0/s1. The van der Waals surface area contributed by atoms with Gasteiger partial charge in [-0.1, -0.05) is 67.6 Å². The van der Waals surface area contributed by atoms with E-state index in [9.17, 15) is 19.5 Å². The van der Waals surface area contributed by atoms with Gasteiger partial charge in [0.25, 0.3) is 5.91 Å². The topological polar surface area (TPSA) is 127 Å². The van der Waals surface area contributed by atoms with Gasteiger partial charge in [-0.3, -0.25) is 9.59 Å². The van der Waals surface area contributed by atoms with E-state index in [1.165, 1.54) is 4.90 Å². The second-order valence-electron chi connectivity index (χ2n) is 13.5. The van der Waals surface area contributed by atoms with E-state index in [1.54, 1.807) is 37.3 Å². The second kappa shape index (κ2) is 13.8. The number of carboxylic acid groups (broad SMARTS) is 1. The molecule has 0 radical (unpaired) electrons. The van der Waals surface area contributed by atoms with Crippen molar-refractivity contribution in [2.45, 2.75) is 79.7 Å². The smallest absolute Gasteiger partial charge is 0.410 e. The molecule has 1 aromatic heterocycles. The zero-order valence-corrected chi connectivity index (χ0v) is 27.3. The molecule has 0 unspecified atom stereocenters. The fourth-order valence-electron chi connectivity index (χ4n) is 5.58. The normalized spacial score (nSPS) is 18.6. The molecule has 242 valence electrons. The molecule has 2 atom stereocenters. The van der Waals surface area contributed by atoms with Crippen molar-refractivity contribution in [3.8, 4) is 5.69 Å². The van der Waals surface area contributed by atoms with Crippen LogP contribution in [0.5, 0.6) is 0 Å². The fraction of sp³-hybridized carbons (Fsp3) is 0.500. The molecule has 45 heavy (non-hydrogen) atoms. The van der Waals surface area contributed by atoms with Gasteiger partial charge in [0.1, 0.15) is 11.3 Å². The van der Waals surface area contributed by atoms with Crippen molar-refractivity contribution in [1.82, 2.24) is 24.8 Å². The molecule has 1 N–H and O–H groups in total. The number of carboxylic acids is 1. The fourth-order valence-corrected chi connectivity index (χ4v) is 5.58. The molecule has 1 aliphatic rings. The average molecular weight is 620 g/mol. The molecule has 2 heterocycles. The molecule has 3 aromatic rings. The summed E-state index contributed by atoms with van der Waals surface area (Å²) < 4.78 is 13.4. The first kappa shape index (κ1) is 33.6. The van der Waals surface area contributed by atoms with Crippen molar-refractivity contribution in [2.24, 2.45) is 11.3 Å². The molecule has 4 rings (SSSR count). The molecule has 0 aliphatic carbocycles. The number of aromatic nitrogens is 3. The Hall–Kier alpha value is -4.25. The van der Waals surface area contributed by atoms with Gasteiger partial charge < -0.3 is 24.4 Å². The summed E-state index contributed by atoms with van der Waals surface area (Å²) in [6.45, 7) is 13.6. The maximum atomic E-state index is 14.5. The summed E-state index contributed by atoms with van der Waals surface area (Å²) in [7, 11) is 0.